The van der Waals surface area contributed by atoms with Crippen molar-refractivity contribution in [2.45, 2.75) is 25.3 Å². The van der Waals surface area contributed by atoms with Crippen molar-refractivity contribution < 1.29 is 19.1 Å². The molecule has 0 bridgehead atoms. The summed E-state index contributed by atoms with van der Waals surface area (Å²) in [6.07, 6.45) is 1.99. The van der Waals surface area contributed by atoms with Crippen LogP contribution in [0.1, 0.15) is 28.8 Å². The van der Waals surface area contributed by atoms with Gasteiger partial charge in [-0.1, -0.05) is 17.7 Å². The van der Waals surface area contributed by atoms with Gasteiger partial charge in [-0.3, -0.25) is 9.59 Å². The number of piperidine rings is 1. The second-order valence-electron chi connectivity index (χ2n) is 8.34. The Morgan fingerprint density at radius 3 is 2.56 bits per heavy atom. The molecule has 0 radical (unpaired) electrons. The van der Waals surface area contributed by atoms with Crippen molar-refractivity contribution in [2.75, 3.05) is 45.7 Å². The Kier molecular flexibility index (Phi) is 6.86. The zero-order chi connectivity index (χ0) is 22.7. The molecule has 2 aromatic carbocycles. The Morgan fingerprint density at radius 1 is 1.09 bits per heavy atom. The molecule has 170 valence electrons. The van der Waals surface area contributed by atoms with Crippen molar-refractivity contribution in [1.82, 2.24) is 9.80 Å². The number of amides is 2. The van der Waals surface area contributed by atoms with Crippen LogP contribution in [0, 0.1) is 0 Å². The van der Waals surface area contributed by atoms with Crippen molar-refractivity contribution in [3.8, 4) is 11.5 Å². The number of benzene rings is 2. The van der Waals surface area contributed by atoms with Crippen LogP contribution in [0.15, 0.2) is 36.4 Å². The standard InChI is InChI=1S/C24H28ClN3O4/c1-27-9-7-18(8-10-27)28(2)24(30)19-15-17(25)4-5-20(19)26-23(29)14-16-3-6-21-22(13-16)32-12-11-31-21/h3-6,13,15,18H,7-12,14H2,1-2H3,(H,26,29). The van der Waals surface area contributed by atoms with Crippen molar-refractivity contribution >= 4 is 29.1 Å². The number of hydrogen-bond donors (Lipinski definition) is 1. The van der Waals surface area contributed by atoms with E-state index in [9.17, 15) is 9.59 Å². The van der Waals surface area contributed by atoms with Crippen LogP contribution >= 0.6 is 11.6 Å². The van der Waals surface area contributed by atoms with Crippen LogP contribution in [-0.2, 0) is 11.2 Å². The first-order valence-corrected chi connectivity index (χ1v) is 11.2. The van der Waals surface area contributed by atoms with Crippen molar-refractivity contribution in [2.24, 2.45) is 0 Å². The average Bonchev–Trinajstić information content (AvgIpc) is 2.79. The average molecular weight is 458 g/mol. The number of halogens is 1. The normalized spacial score (nSPS) is 16.5. The summed E-state index contributed by atoms with van der Waals surface area (Å²) in [6.45, 7) is 2.92. The van der Waals surface area contributed by atoms with E-state index in [-0.39, 0.29) is 24.3 Å². The molecule has 2 aromatic rings. The fraction of sp³-hybridized carbons (Fsp3) is 0.417. The minimum Gasteiger partial charge on any atom is -0.486 e. The fourth-order valence-electron chi connectivity index (χ4n) is 4.12. The monoisotopic (exact) mass is 457 g/mol. The van der Waals surface area contributed by atoms with Crippen LogP contribution in [0.5, 0.6) is 11.5 Å². The Morgan fingerprint density at radius 2 is 1.81 bits per heavy atom. The zero-order valence-electron chi connectivity index (χ0n) is 18.4. The van der Waals surface area contributed by atoms with Crippen LogP contribution in [-0.4, -0.2) is 68.1 Å². The maximum atomic E-state index is 13.3. The summed E-state index contributed by atoms with van der Waals surface area (Å²) in [5, 5.41) is 3.34. The van der Waals surface area contributed by atoms with E-state index in [2.05, 4.69) is 17.3 Å². The highest BCUT2D eigenvalue weighted by atomic mass is 35.5. The lowest BCUT2D eigenvalue weighted by atomic mass is 10.0. The first kappa shape index (κ1) is 22.4. The molecular weight excluding hydrogens is 430 g/mol. The molecule has 7 nitrogen and oxygen atoms in total. The summed E-state index contributed by atoms with van der Waals surface area (Å²) in [6, 6.07) is 10.6. The lowest BCUT2D eigenvalue weighted by molar-refractivity contribution is -0.115. The maximum absolute atomic E-state index is 13.3. The largest absolute Gasteiger partial charge is 0.486 e. The molecule has 8 heteroatoms. The van der Waals surface area contributed by atoms with E-state index in [0.717, 1.165) is 31.5 Å². The molecule has 1 N–H and O–H groups in total. The van der Waals surface area contributed by atoms with E-state index in [4.69, 9.17) is 21.1 Å². The van der Waals surface area contributed by atoms with Gasteiger partial charge in [0, 0.05) is 18.1 Å². The summed E-state index contributed by atoms with van der Waals surface area (Å²) in [7, 11) is 3.91. The topological polar surface area (TPSA) is 71.1 Å². The van der Waals surface area contributed by atoms with E-state index < -0.39 is 0 Å². The maximum Gasteiger partial charge on any atom is 0.256 e. The lowest BCUT2D eigenvalue weighted by Crippen LogP contribution is -2.44. The van der Waals surface area contributed by atoms with Gasteiger partial charge in [0.05, 0.1) is 17.7 Å². The van der Waals surface area contributed by atoms with Gasteiger partial charge in [0.25, 0.3) is 5.91 Å². The number of nitrogens with zero attached hydrogens (tertiary/aromatic N) is 2. The Labute approximate surface area is 193 Å². The number of ether oxygens (including phenoxy) is 2. The number of carbonyl (C=O) groups is 2. The van der Waals surface area contributed by atoms with Gasteiger partial charge in [-0.05, 0) is 68.9 Å². The van der Waals surface area contributed by atoms with Gasteiger partial charge < -0.3 is 24.6 Å². The van der Waals surface area contributed by atoms with Gasteiger partial charge in [-0.2, -0.15) is 0 Å². The van der Waals surface area contributed by atoms with Gasteiger partial charge in [0.1, 0.15) is 13.2 Å². The minimum absolute atomic E-state index is 0.142. The number of likely N-dealkylation sites (tertiary alicyclic amines) is 1. The first-order chi connectivity index (χ1) is 15.4. The van der Waals surface area contributed by atoms with Crippen LogP contribution < -0.4 is 14.8 Å². The number of anilines is 1. The van der Waals surface area contributed by atoms with E-state index in [0.29, 0.717) is 41.0 Å². The quantitative estimate of drug-likeness (QED) is 0.744. The van der Waals surface area contributed by atoms with Crippen LogP contribution in [0.25, 0.3) is 0 Å². The Balaban J connectivity index is 1.47. The van der Waals surface area contributed by atoms with Gasteiger partial charge in [0.2, 0.25) is 5.91 Å². The first-order valence-electron chi connectivity index (χ1n) is 10.8. The molecule has 2 heterocycles. The number of fused-ring (bicyclic) bond motifs is 1. The number of rotatable bonds is 5. The molecule has 2 aliphatic rings. The molecule has 2 aliphatic heterocycles. The predicted octanol–water partition coefficient (Wildman–Crippen LogP) is 3.46. The van der Waals surface area contributed by atoms with Crippen LogP contribution in [0.3, 0.4) is 0 Å². The molecule has 2 amide bonds. The summed E-state index contributed by atoms with van der Waals surface area (Å²) in [4.78, 5) is 30.1. The molecule has 0 spiro atoms. The van der Waals surface area contributed by atoms with E-state index in [1.807, 2.05) is 25.2 Å². The Bertz CT molecular complexity index is 1000. The smallest absolute Gasteiger partial charge is 0.256 e. The molecule has 0 unspecified atom stereocenters. The van der Waals surface area contributed by atoms with Crippen molar-refractivity contribution in [3.63, 3.8) is 0 Å². The number of hydrogen-bond acceptors (Lipinski definition) is 5. The van der Waals surface area contributed by atoms with Crippen molar-refractivity contribution in [3.05, 3.63) is 52.5 Å². The molecule has 4 rings (SSSR count). The van der Waals surface area contributed by atoms with E-state index in [1.54, 1.807) is 23.1 Å². The highest BCUT2D eigenvalue weighted by Gasteiger charge is 2.26. The van der Waals surface area contributed by atoms with Gasteiger partial charge in [-0.25, -0.2) is 0 Å². The lowest BCUT2D eigenvalue weighted by Gasteiger charge is -2.35. The Hall–Kier alpha value is -2.77. The van der Waals surface area contributed by atoms with Gasteiger partial charge >= 0.3 is 0 Å². The van der Waals surface area contributed by atoms with Gasteiger partial charge in [-0.15, -0.1) is 0 Å². The summed E-state index contributed by atoms with van der Waals surface area (Å²) >= 11 is 6.19. The third-order valence-electron chi connectivity index (χ3n) is 6.01. The summed E-state index contributed by atoms with van der Waals surface area (Å²) in [5.74, 6) is 0.961. The summed E-state index contributed by atoms with van der Waals surface area (Å²) < 4.78 is 11.1. The summed E-state index contributed by atoms with van der Waals surface area (Å²) in [5.41, 5.74) is 1.66. The molecule has 0 aromatic heterocycles. The highest BCUT2D eigenvalue weighted by molar-refractivity contribution is 6.31. The molecule has 32 heavy (non-hydrogen) atoms. The number of nitrogens with one attached hydrogen (secondary N) is 1. The predicted molar refractivity (Wildman–Crippen MR) is 124 cm³/mol. The SMILES string of the molecule is CN1CCC(N(C)C(=O)c2cc(Cl)ccc2NC(=O)Cc2ccc3c(c2)OCCO3)CC1. The second kappa shape index (κ2) is 9.79. The molecule has 0 atom stereocenters. The minimum atomic E-state index is -0.222. The third kappa shape index (κ3) is 5.16. The second-order valence-corrected chi connectivity index (χ2v) is 8.78. The highest BCUT2D eigenvalue weighted by Crippen LogP contribution is 2.31. The molecular formula is C24H28ClN3O4. The molecule has 0 aliphatic carbocycles. The number of carbonyl (C=O) groups excluding carboxylic acids is 2. The van der Waals surface area contributed by atoms with Crippen LogP contribution in [0.4, 0.5) is 5.69 Å². The third-order valence-corrected chi connectivity index (χ3v) is 6.25. The van der Waals surface area contributed by atoms with E-state index >= 15 is 0 Å². The van der Waals surface area contributed by atoms with Crippen molar-refractivity contribution in [1.29, 1.82) is 0 Å². The zero-order valence-corrected chi connectivity index (χ0v) is 19.2. The van der Waals surface area contributed by atoms with Gasteiger partial charge in [0.15, 0.2) is 11.5 Å². The van der Waals surface area contributed by atoms with E-state index in [1.165, 1.54) is 0 Å². The molecule has 0 saturated carbocycles. The fourth-order valence-corrected chi connectivity index (χ4v) is 4.29. The molecule has 1 saturated heterocycles. The molecule has 1 fully saturated rings. The van der Waals surface area contributed by atoms with Crippen LogP contribution in [0.2, 0.25) is 5.02 Å².